The van der Waals surface area contributed by atoms with Crippen molar-refractivity contribution in [2.24, 2.45) is 0 Å². The molecule has 4 rings (SSSR count). The predicted molar refractivity (Wildman–Crippen MR) is 114 cm³/mol. The maximum atomic E-state index is 12.6. The first-order chi connectivity index (χ1) is 14.1. The van der Waals surface area contributed by atoms with E-state index in [1.807, 2.05) is 42.5 Å². The molecule has 0 amide bonds. The third-order valence-corrected chi connectivity index (χ3v) is 4.79. The van der Waals surface area contributed by atoms with E-state index in [2.05, 4.69) is 17.1 Å². The van der Waals surface area contributed by atoms with E-state index < -0.39 is 0 Å². The number of hydrogen-bond donors (Lipinski definition) is 2. The highest BCUT2D eigenvalue weighted by molar-refractivity contribution is 5.58. The lowest BCUT2D eigenvalue weighted by atomic mass is 10.0. The summed E-state index contributed by atoms with van der Waals surface area (Å²) in [5.41, 5.74) is 16.1. The highest BCUT2D eigenvalue weighted by Crippen LogP contribution is 2.21. The lowest BCUT2D eigenvalue weighted by molar-refractivity contribution is 0.582. The molecule has 6 heteroatoms. The van der Waals surface area contributed by atoms with Gasteiger partial charge in [-0.1, -0.05) is 30.3 Å². The fourth-order valence-corrected chi connectivity index (χ4v) is 3.33. The minimum Gasteiger partial charge on any atom is -0.464 e. The molecule has 2 aromatic heterocycles. The summed E-state index contributed by atoms with van der Waals surface area (Å²) < 4.78 is 6.91. The second-order valence-corrected chi connectivity index (χ2v) is 6.95. The van der Waals surface area contributed by atoms with E-state index >= 15 is 0 Å². The molecule has 0 fully saturated rings. The Morgan fingerprint density at radius 2 is 1.72 bits per heavy atom. The molecule has 0 spiro atoms. The third-order valence-electron chi connectivity index (χ3n) is 4.79. The Hall–Kier alpha value is -3.80. The molecule has 0 aliphatic carbocycles. The molecule has 0 bridgehead atoms. The molecule has 0 aliphatic heterocycles. The summed E-state index contributed by atoms with van der Waals surface area (Å²) in [6.07, 6.45) is 3.04. The average Bonchev–Trinajstić information content (AvgIpc) is 3.24. The van der Waals surface area contributed by atoms with Crippen molar-refractivity contribution in [3.05, 3.63) is 100 Å². The fourth-order valence-electron chi connectivity index (χ4n) is 3.33. The normalized spacial score (nSPS) is 10.9. The van der Waals surface area contributed by atoms with Gasteiger partial charge in [0.2, 0.25) is 5.95 Å². The molecule has 6 nitrogen and oxygen atoms in total. The summed E-state index contributed by atoms with van der Waals surface area (Å²) in [5, 5.41) is 0. The van der Waals surface area contributed by atoms with Crippen molar-refractivity contribution < 1.29 is 4.42 Å². The van der Waals surface area contributed by atoms with Crippen LogP contribution in [0.5, 0.6) is 0 Å². The average molecular weight is 386 g/mol. The van der Waals surface area contributed by atoms with Crippen LogP contribution in [0.25, 0.3) is 11.3 Å². The summed E-state index contributed by atoms with van der Waals surface area (Å²) >= 11 is 0. The molecule has 2 aromatic carbocycles. The summed E-state index contributed by atoms with van der Waals surface area (Å²) in [6.45, 7) is 0.341. The van der Waals surface area contributed by atoms with Crippen LogP contribution in [0.2, 0.25) is 0 Å². The van der Waals surface area contributed by atoms with Gasteiger partial charge in [0.25, 0.3) is 5.56 Å². The van der Waals surface area contributed by atoms with Gasteiger partial charge in [-0.3, -0.25) is 9.36 Å². The standard InChI is InChI=1S/C23H22N4O2/c24-19-7-2-5-17(13-19)15-27-22(28)14-20(26-23(27)25)10-9-16-4-1-6-18(12-16)21-8-3-11-29-21/h1-8,11-14H,9-10,15,24H2,(H2,25,26). The zero-order chi connectivity index (χ0) is 20.2. The van der Waals surface area contributed by atoms with Crippen LogP contribution in [0.4, 0.5) is 11.6 Å². The molecule has 4 N–H and O–H groups in total. The highest BCUT2D eigenvalue weighted by atomic mass is 16.3. The monoisotopic (exact) mass is 386 g/mol. The van der Waals surface area contributed by atoms with E-state index in [-0.39, 0.29) is 11.5 Å². The molecule has 0 unspecified atom stereocenters. The van der Waals surface area contributed by atoms with Gasteiger partial charge < -0.3 is 15.9 Å². The molecule has 0 saturated heterocycles. The Bertz CT molecular complexity index is 1180. The van der Waals surface area contributed by atoms with E-state index in [9.17, 15) is 4.79 Å². The van der Waals surface area contributed by atoms with Crippen molar-refractivity contribution in [3.63, 3.8) is 0 Å². The van der Waals surface area contributed by atoms with Crippen LogP contribution in [-0.2, 0) is 19.4 Å². The summed E-state index contributed by atoms with van der Waals surface area (Å²) in [7, 11) is 0. The third kappa shape index (κ3) is 4.38. The number of nitrogens with two attached hydrogens (primary N) is 2. The Morgan fingerprint density at radius 3 is 2.48 bits per heavy atom. The Morgan fingerprint density at radius 1 is 0.897 bits per heavy atom. The first kappa shape index (κ1) is 18.6. The quantitative estimate of drug-likeness (QED) is 0.494. The van der Waals surface area contributed by atoms with Crippen molar-refractivity contribution in [2.45, 2.75) is 19.4 Å². The molecule has 0 radical (unpaired) electrons. The summed E-state index contributed by atoms with van der Waals surface area (Å²) in [4.78, 5) is 17.0. The van der Waals surface area contributed by atoms with Gasteiger partial charge in [0.05, 0.1) is 18.5 Å². The topological polar surface area (TPSA) is 100 Å². The van der Waals surface area contributed by atoms with E-state index in [0.717, 1.165) is 28.9 Å². The zero-order valence-electron chi connectivity index (χ0n) is 15.9. The van der Waals surface area contributed by atoms with E-state index in [0.29, 0.717) is 24.3 Å². The Labute approximate surface area is 168 Å². The minimum absolute atomic E-state index is 0.167. The first-order valence-electron chi connectivity index (χ1n) is 9.42. The maximum absolute atomic E-state index is 12.6. The number of nitrogen functional groups attached to an aromatic ring is 2. The Balaban J connectivity index is 1.49. The molecule has 29 heavy (non-hydrogen) atoms. The molecular weight excluding hydrogens is 364 g/mol. The van der Waals surface area contributed by atoms with Crippen molar-refractivity contribution >= 4 is 11.6 Å². The van der Waals surface area contributed by atoms with Crippen LogP contribution in [0.15, 0.2) is 82.2 Å². The number of aromatic nitrogens is 2. The number of nitrogens with zero attached hydrogens (tertiary/aromatic N) is 2. The van der Waals surface area contributed by atoms with Gasteiger partial charge in [0.1, 0.15) is 5.76 Å². The maximum Gasteiger partial charge on any atom is 0.255 e. The number of aryl methyl sites for hydroxylation is 2. The van der Waals surface area contributed by atoms with Gasteiger partial charge in [-0.2, -0.15) is 0 Å². The number of anilines is 2. The van der Waals surface area contributed by atoms with Crippen LogP contribution in [-0.4, -0.2) is 9.55 Å². The summed E-state index contributed by atoms with van der Waals surface area (Å²) in [6, 6.07) is 20.9. The van der Waals surface area contributed by atoms with Gasteiger partial charge in [-0.15, -0.1) is 0 Å². The van der Waals surface area contributed by atoms with Crippen LogP contribution >= 0.6 is 0 Å². The van der Waals surface area contributed by atoms with Crippen LogP contribution < -0.4 is 17.0 Å². The number of furan rings is 1. The van der Waals surface area contributed by atoms with Crippen molar-refractivity contribution in [3.8, 4) is 11.3 Å². The minimum atomic E-state index is -0.167. The van der Waals surface area contributed by atoms with Crippen LogP contribution in [0.1, 0.15) is 16.8 Å². The van der Waals surface area contributed by atoms with E-state index in [1.54, 1.807) is 18.4 Å². The summed E-state index contributed by atoms with van der Waals surface area (Å²) in [5.74, 6) is 1.04. The van der Waals surface area contributed by atoms with Crippen molar-refractivity contribution in [1.29, 1.82) is 0 Å². The first-order valence-corrected chi connectivity index (χ1v) is 9.42. The molecule has 146 valence electrons. The van der Waals surface area contributed by atoms with Gasteiger partial charge in [-0.05, 0) is 54.3 Å². The Kier molecular flexibility index (Phi) is 5.16. The highest BCUT2D eigenvalue weighted by Gasteiger charge is 2.08. The van der Waals surface area contributed by atoms with Gasteiger partial charge in [0.15, 0.2) is 0 Å². The van der Waals surface area contributed by atoms with Crippen molar-refractivity contribution in [1.82, 2.24) is 9.55 Å². The van der Waals surface area contributed by atoms with Crippen LogP contribution in [0, 0.1) is 0 Å². The molecule has 0 atom stereocenters. The van der Waals surface area contributed by atoms with Gasteiger partial charge in [-0.25, -0.2) is 4.98 Å². The van der Waals surface area contributed by atoms with E-state index in [1.165, 1.54) is 4.57 Å². The molecule has 0 saturated carbocycles. The van der Waals surface area contributed by atoms with Gasteiger partial charge in [0, 0.05) is 17.3 Å². The second-order valence-electron chi connectivity index (χ2n) is 6.95. The molecule has 4 aromatic rings. The second kappa shape index (κ2) is 8.06. The lowest BCUT2D eigenvalue weighted by Gasteiger charge is -2.11. The molecule has 2 heterocycles. The number of benzene rings is 2. The van der Waals surface area contributed by atoms with Crippen LogP contribution in [0.3, 0.4) is 0 Å². The molecule has 0 aliphatic rings. The van der Waals surface area contributed by atoms with Gasteiger partial charge >= 0.3 is 0 Å². The predicted octanol–water partition coefficient (Wildman–Crippen LogP) is 3.50. The molecular formula is C23H22N4O2. The fraction of sp³-hybridized carbons (Fsp3) is 0.130. The smallest absolute Gasteiger partial charge is 0.255 e. The number of hydrogen-bond acceptors (Lipinski definition) is 5. The van der Waals surface area contributed by atoms with E-state index in [4.69, 9.17) is 15.9 Å². The zero-order valence-corrected chi connectivity index (χ0v) is 15.9. The van der Waals surface area contributed by atoms with Crippen molar-refractivity contribution in [2.75, 3.05) is 11.5 Å². The SMILES string of the molecule is Nc1cccc(Cn2c(N)nc(CCc3cccc(-c4ccco4)c3)cc2=O)c1. The largest absolute Gasteiger partial charge is 0.464 e. The number of rotatable bonds is 6. The lowest BCUT2D eigenvalue weighted by Crippen LogP contribution is -2.25.